The lowest BCUT2D eigenvalue weighted by atomic mass is 9.91. The molecule has 1 saturated heterocycles. The Bertz CT molecular complexity index is 1200. The number of likely N-dealkylation sites (tertiary alicyclic amines) is 1. The molecule has 0 bridgehead atoms. The molecule has 1 amide bonds. The van der Waals surface area contributed by atoms with Gasteiger partial charge in [0.1, 0.15) is 10.7 Å². The van der Waals surface area contributed by atoms with Crippen LogP contribution in [-0.4, -0.2) is 44.5 Å². The maximum atomic E-state index is 12.4. The van der Waals surface area contributed by atoms with E-state index in [4.69, 9.17) is 0 Å². The van der Waals surface area contributed by atoms with Crippen molar-refractivity contribution in [2.75, 3.05) is 13.6 Å². The summed E-state index contributed by atoms with van der Waals surface area (Å²) in [5.41, 5.74) is 1.98. The van der Waals surface area contributed by atoms with Gasteiger partial charge in [-0.2, -0.15) is 0 Å². The molecule has 1 atom stereocenters. The summed E-state index contributed by atoms with van der Waals surface area (Å²) in [6.45, 7) is 0.554. The molecule has 0 spiro atoms. The van der Waals surface area contributed by atoms with Gasteiger partial charge in [0.05, 0.1) is 4.88 Å². The first-order valence-corrected chi connectivity index (χ1v) is 9.85. The molecule has 0 saturated carbocycles. The number of aliphatic hydroxyl groups is 1. The van der Waals surface area contributed by atoms with E-state index in [0.717, 1.165) is 32.0 Å². The van der Waals surface area contributed by atoms with E-state index in [1.165, 1.54) is 0 Å². The third kappa shape index (κ3) is 2.55. The van der Waals surface area contributed by atoms with Gasteiger partial charge in [0, 0.05) is 49.6 Å². The van der Waals surface area contributed by atoms with Crippen LogP contribution in [0.2, 0.25) is 0 Å². The van der Waals surface area contributed by atoms with Crippen LogP contribution in [0.3, 0.4) is 0 Å². The molecule has 1 fully saturated rings. The van der Waals surface area contributed by atoms with Crippen molar-refractivity contribution in [3.63, 3.8) is 0 Å². The molecule has 1 aliphatic heterocycles. The highest BCUT2D eigenvalue weighted by molar-refractivity contribution is 7.18. The molecular weight excluding hydrogens is 372 g/mol. The summed E-state index contributed by atoms with van der Waals surface area (Å²) in [4.78, 5) is 27.1. The molecule has 28 heavy (non-hydrogen) atoms. The van der Waals surface area contributed by atoms with Crippen LogP contribution in [0.1, 0.15) is 12.0 Å². The highest BCUT2D eigenvalue weighted by Gasteiger charge is 2.45. The van der Waals surface area contributed by atoms with Crippen molar-refractivity contribution in [2.45, 2.75) is 12.0 Å². The maximum absolute atomic E-state index is 12.4. The summed E-state index contributed by atoms with van der Waals surface area (Å²) < 4.78 is 0. The number of thiazole rings is 1. The highest BCUT2D eigenvalue weighted by atomic mass is 32.1. The Morgan fingerprint density at radius 2 is 2.14 bits per heavy atom. The summed E-state index contributed by atoms with van der Waals surface area (Å²) >= 11 is 1.57. The zero-order valence-electron chi connectivity index (χ0n) is 15.2. The minimum atomic E-state index is -1.44. The van der Waals surface area contributed by atoms with Gasteiger partial charge in [-0.25, -0.2) is 9.97 Å². The van der Waals surface area contributed by atoms with Crippen LogP contribution in [0.15, 0.2) is 55.0 Å². The van der Waals surface area contributed by atoms with E-state index >= 15 is 0 Å². The number of aromatic nitrogens is 3. The van der Waals surface area contributed by atoms with Gasteiger partial charge in [-0.3, -0.25) is 4.79 Å². The molecule has 0 aliphatic carbocycles. The number of nitrogens with zero attached hydrogens (tertiary/aromatic N) is 3. The number of pyridine rings is 1. The summed E-state index contributed by atoms with van der Waals surface area (Å²) in [7, 11) is 1.72. The first-order valence-electron chi connectivity index (χ1n) is 9.03. The smallest absolute Gasteiger partial charge is 0.258 e. The fourth-order valence-corrected chi connectivity index (χ4v) is 4.66. The Balaban J connectivity index is 1.52. The lowest BCUT2D eigenvalue weighted by Gasteiger charge is -2.21. The van der Waals surface area contributed by atoms with Gasteiger partial charge in [-0.15, -0.1) is 11.3 Å². The Morgan fingerprint density at radius 1 is 1.25 bits per heavy atom. The Morgan fingerprint density at radius 3 is 2.96 bits per heavy atom. The Hall–Kier alpha value is -3.03. The van der Waals surface area contributed by atoms with Crippen molar-refractivity contribution in [1.82, 2.24) is 19.9 Å². The van der Waals surface area contributed by atoms with Crippen molar-refractivity contribution < 1.29 is 9.90 Å². The number of fused-ring (bicyclic) bond motifs is 1. The second-order valence-corrected chi connectivity index (χ2v) is 8.08. The van der Waals surface area contributed by atoms with Gasteiger partial charge in [0.25, 0.3) is 5.91 Å². The standard InChI is InChI=1S/C21H18N4O2S/c1-25-9-7-21(27,20(25)26)14-5-2-4-13(10-14)17-12-24-19(28-17)16-11-23-18-15(16)6-3-8-22-18/h2-6,8,10-12,27H,7,9H2,1H3,(H,22,23)/t21-/m0/s1. The molecule has 0 unspecified atom stereocenters. The number of H-pyrrole nitrogens is 1. The van der Waals surface area contributed by atoms with E-state index < -0.39 is 5.60 Å². The van der Waals surface area contributed by atoms with E-state index in [2.05, 4.69) is 15.0 Å². The minimum absolute atomic E-state index is 0.249. The SMILES string of the molecule is CN1CC[C@](O)(c2cccc(-c3cnc(-c4c[nH]c5ncccc45)s3)c2)C1=O. The first-order chi connectivity index (χ1) is 13.6. The predicted octanol–water partition coefficient (Wildman–Crippen LogP) is 3.40. The lowest BCUT2D eigenvalue weighted by molar-refractivity contribution is -0.143. The van der Waals surface area contributed by atoms with Crippen molar-refractivity contribution in [2.24, 2.45) is 0 Å². The van der Waals surface area contributed by atoms with Gasteiger partial charge < -0.3 is 15.0 Å². The zero-order valence-corrected chi connectivity index (χ0v) is 16.0. The van der Waals surface area contributed by atoms with Crippen LogP contribution < -0.4 is 0 Å². The van der Waals surface area contributed by atoms with Crippen molar-refractivity contribution >= 4 is 28.3 Å². The fourth-order valence-electron chi connectivity index (χ4n) is 3.72. The van der Waals surface area contributed by atoms with Crippen LogP contribution in [0.4, 0.5) is 0 Å². The molecule has 7 heteroatoms. The largest absolute Gasteiger partial charge is 0.375 e. The average molecular weight is 390 g/mol. The van der Waals surface area contributed by atoms with Crippen LogP contribution in [-0.2, 0) is 10.4 Å². The average Bonchev–Trinajstić information content (AvgIpc) is 3.43. The third-order valence-electron chi connectivity index (χ3n) is 5.32. The van der Waals surface area contributed by atoms with Gasteiger partial charge in [0.2, 0.25) is 0 Å². The van der Waals surface area contributed by atoms with E-state index in [9.17, 15) is 9.90 Å². The van der Waals surface area contributed by atoms with Gasteiger partial charge in [0.15, 0.2) is 5.60 Å². The van der Waals surface area contributed by atoms with E-state index in [-0.39, 0.29) is 5.91 Å². The van der Waals surface area contributed by atoms with Crippen molar-refractivity contribution in [3.05, 3.63) is 60.6 Å². The normalized spacial score (nSPS) is 19.6. The van der Waals surface area contributed by atoms with Crippen LogP contribution in [0, 0.1) is 0 Å². The highest BCUT2D eigenvalue weighted by Crippen LogP contribution is 2.38. The molecule has 1 aromatic carbocycles. The van der Waals surface area contributed by atoms with Crippen molar-refractivity contribution in [3.8, 4) is 21.0 Å². The van der Waals surface area contributed by atoms with Crippen LogP contribution in [0.25, 0.3) is 32.0 Å². The molecule has 4 aromatic rings. The Labute approximate surface area is 165 Å². The minimum Gasteiger partial charge on any atom is -0.375 e. The molecule has 5 rings (SSSR count). The number of rotatable bonds is 3. The summed E-state index contributed by atoms with van der Waals surface area (Å²) in [5, 5.41) is 12.9. The second-order valence-electron chi connectivity index (χ2n) is 7.05. The first kappa shape index (κ1) is 17.1. The van der Waals surface area contributed by atoms with E-state index in [1.54, 1.807) is 29.5 Å². The number of nitrogens with one attached hydrogen (secondary N) is 1. The maximum Gasteiger partial charge on any atom is 0.258 e. The summed E-state index contributed by atoms with van der Waals surface area (Å²) in [5.74, 6) is -0.249. The molecule has 3 aromatic heterocycles. The van der Waals surface area contributed by atoms with E-state index in [0.29, 0.717) is 18.5 Å². The molecule has 1 aliphatic rings. The monoisotopic (exact) mass is 390 g/mol. The predicted molar refractivity (Wildman–Crippen MR) is 109 cm³/mol. The molecule has 0 radical (unpaired) electrons. The number of amides is 1. The molecule has 140 valence electrons. The van der Waals surface area contributed by atoms with Gasteiger partial charge >= 0.3 is 0 Å². The Kier molecular flexibility index (Phi) is 3.82. The number of carbonyl (C=O) groups excluding carboxylic acids is 1. The number of benzene rings is 1. The molecule has 2 N–H and O–H groups in total. The quantitative estimate of drug-likeness (QED) is 0.562. The zero-order chi connectivity index (χ0) is 19.3. The van der Waals surface area contributed by atoms with Crippen LogP contribution >= 0.6 is 11.3 Å². The topological polar surface area (TPSA) is 82.1 Å². The lowest BCUT2D eigenvalue weighted by Crippen LogP contribution is -2.36. The third-order valence-corrected chi connectivity index (χ3v) is 6.40. The van der Waals surface area contributed by atoms with Crippen LogP contribution in [0.5, 0.6) is 0 Å². The fraction of sp³-hybridized carbons (Fsp3) is 0.190. The number of aromatic amines is 1. The number of likely N-dealkylation sites (N-methyl/N-ethyl adjacent to an activating group) is 1. The summed E-state index contributed by atoms with van der Waals surface area (Å²) in [6, 6.07) is 11.5. The second kappa shape index (κ2) is 6.25. The van der Waals surface area contributed by atoms with Crippen molar-refractivity contribution in [1.29, 1.82) is 0 Å². The van der Waals surface area contributed by atoms with Gasteiger partial charge in [-0.05, 0) is 29.3 Å². The molecular formula is C21H18N4O2S. The number of hydrogen-bond donors (Lipinski definition) is 2. The summed E-state index contributed by atoms with van der Waals surface area (Å²) in [6.07, 6.45) is 5.92. The molecule has 4 heterocycles. The number of hydrogen-bond acceptors (Lipinski definition) is 5. The number of carbonyl (C=O) groups is 1. The molecule has 6 nitrogen and oxygen atoms in total. The van der Waals surface area contributed by atoms with E-state index in [1.807, 2.05) is 48.8 Å². The van der Waals surface area contributed by atoms with Gasteiger partial charge in [-0.1, -0.05) is 18.2 Å².